The van der Waals surface area contributed by atoms with E-state index in [0.29, 0.717) is 18.2 Å². The zero-order chi connectivity index (χ0) is 15.6. The van der Waals surface area contributed by atoms with Crippen LogP contribution < -0.4 is 4.90 Å². The number of carbonyl (C=O) groups excluding carboxylic acids is 1. The van der Waals surface area contributed by atoms with Crippen molar-refractivity contribution in [2.45, 2.75) is 38.8 Å². The molecule has 1 aliphatic heterocycles. The van der Waals surface area contributed by atoms with Crippen molar-refractivity contribution in [3.05, 3.63) is 17.3 Å². The number of rotatable bonds is 2. The summed E-state index contributed by atoms with van der Waals surface area (Å²) in [7, 11) is 1.95. The number of hydrogen-bond acceptors (Lipinski definition) is 5. The Morgan fingerprint density at radius 3 is 2.71 bits per heavy atom. The maximum atomic E-state index is 12.1. The largest absolute Gasteiger partial charge is 0.444 e. The Hall–Kier alpha value is -1.56. The summed E-state index contributed by atoms with van der Waals surface area (Å²) >= 11 is 5.74. The van der Waals surface area contributed by atoms with E-state index >= 15 is 0 Å². The van der Waals surface area contributed by atoms with E-state index in [1.807, 2.05) is 38.8 Å². The van der Waals surface area contributed by atoms with Gasteiger partial charge in [-0.05, 0) is 39.3 Å². The molecule has 0 bridgehead atoms. The highest BCUT2D eigenvalue weighted by Gasteiger charge is 2.32. The van der Waals surface area contributed by atoms with Crippen molar-refractivity contribution in [2.75, 3.05) is 25.0 Å². The van der Waals surface area contributed by atoms with Crippen LogP contribution in [-0.2, 0) is 4.74 Å². The summed E-state index contributed by atoms with van der Waals surface area (Å²) in [6.45, 7) is 6.91. The fourth-order valence-electron chi connectivity index (χ4n) is 2.23. The lowest BCUT2D eigenvalue weighted by molar-refractivity contribution is 0.0292. The third kappa shape index (κ3) is 4.20. The zero-order valence-corrected chi connectivity index (χ0v) is 13.6. The summed E-state index contributed by atoms with van der Waals surface area (Å²) in [6, 6.07) is 3.74. The number of nitrogens with zero attached hydrogens (tertiary/aromatic N) is 4. The summed E-state index contributed by atoms with van der Waals surface area (Å²) in [6.07, 6.45) is 0.612. The number of likely N-dealkylation sites (N-methyl/N-ethyl adjacent to an activating group) is 1. The van der Waals surface area contributed by atoms with Gasteiger partial charge in [0.25, 0.3) is 0 Å². The lowest BCUT2D eigenvalue weighted by atomic mass is 10.2. The molecule has 21 heavy (non-hydrogen) atoms. The van der Waals surface area contributed by atoms with Gasteiger partial charge in [0.1, 0.15) is 5.60 Å². The second-order valence-electron chi connectivity index (χ2n) is 6.19. The van der Waals surface area contributed by atoms with Crippen LogP contribution in [0.1, 0.15) is 27.2 Å². The van der Waals surface area contributed by atoms with Crippen molar-refractivity contribution in [3.63, 3.8) is 0 Å². The highest BCUT2D eigenvalue weighted by molar-refractivity contribution is 6.29. The maximum Gasteiger partial charge on any atom is 0.410 e. The highest BCUT2D eigenvalue weighted by Crippen LogP contribution is 2.21. The molecule has 1 aromatic heterocycles. The lowest BCUT2D eigenvalue weighted by Crippen LogP contribution is -2.39. The summed E-state index contributed by atoms with van der Waals surface area (Å²) in [5.74, 6) is 0.746. The van der Waals surface area contributed by atoms with E-state index in [9.17, 15) is 4.79 Å². The molecule has 1 atom stereocenters. The van der Waals surface area contributed by atoms with Gasteiger partial charge in [0.05, 0.1) is 0 Å². The van der Waals surface area contributed by atoms with Crippen LogP contribution in [0.5, 0.6) is 0 Å². The Balaban J connectivity index is 1.95. The minimum absolute atomic E-state index is 0.202. The van der Waals surface area contributed by atoms with Crippen molar-refractivity contribution >= 4 is 23.5 Å². The maximum absolute atomic E-state index is 12.1. The number of carbonyl (C=O) groups is 1. The first-order valence-electron chi connectivity index (χ1n) is 6.96. The number of anilines is 1. The number of aromatic nitrogens is 2. The molecule has 1 aliphatic rings. The first kappa shape index (κ1) is 15.8. The molecule has 0 spiro atoms. The molecule has 1 unspecified atom stereocenters. The minimum atomic E-state index is -0.470. The number of hydrogen-bond donors (Lipinski definition) is 0. The minimum Gasteiger partial charge on any atom is -0.444 e. The van der Waals surface area contributed by atoms with Crippen molar-refractivity contribution < 1.29 is 9.53 Å². The fraction of sp³-hybridized carbons (Fsp3) is 0.643. The smallest absolute Gasteiger partial charge is 0.410 e. The van der Waals surface area contributed by atoms with Crippen molar-refractivity contribution in [1.29, 1.82) is 0 Å². The van der Waals surface area contributed by atoms with Gasteiger partial charge in [0.15, 0.2) is 11.0 Å². The van der Waals surface area contributed by atoms with Crippen molar-refractivity contribution in [2.24, 2.45) is 0 Å². The highest BCUT2D eigenvalue weighted by atomic mass is 35.5. The van der Waals surface area contributed by atoms with E-state index < -0.39 is 5.60 Å². The summed E-state index contributed by atoms with van der Waals surface area (Å²) in [5, 5.41) is 8.27. The van der Waals surface area contributed by atoms with Gasteiger partial charge in [-0.1, -0.05) is 11.6 Å². The van der Waals surface area contributed by atoms with Crippen LogP contribution in [0.3, 0.4) is 0 Å². The molecule has 7 heteroatoms. The molecule has 0 aromatic carbocycles. The number of amides is 1. The topological polar surface area (TPSA) is 58.6 Å². The van der Waals surface area contributed by atoms with Crippen LogP contribution >= 0.6 is 11.6 Å². The van der Waals surface area contributed by atoms with E-state index in [0.717, 1.165) is 12.2 Å². The molecule has 1 aromatic rings. The average molecular weight is 313 g/mol. The summed E-state index contributed by atoms with van der Waals surface area (Å²) in [4.78, 5) is 15.8. The van der Waals surface area contributed by atoms with Gasteiger partial charge in [-0.2, -0.15) is 0 Å². The van der Waals surface area contributed by atoms with Crippen LogP contribution in [0.15, 0.2) is 12.1 Å². The molecule has 1 amide bonds. The fourth-order valence-corrected chi connectivity index (χ4v) is 2.34. The van der Waals surface area contributed by atoms with Gasteiger partial charge in [-0.3, -0.25) is 0 Å². The predicted molar refractivity (Wildman–Crippen MR) is 81.7 cm³/mol. The van der Waals surface area contributed by atoms with Gasteiger partial charge >= 0.3 is 6.09 Å². The standard InChI is InChI=1S/C14H21ClN4O2/c1-14(2,3)21-13(20)19-8-7-10(9-19)18(4)12-6-5-11(15)16-17-12/h5-6,10H,7-9H2,1-4H3. The predicted octanol–water partition coefficient (Wildman–Crippen LogP) is 2.58. The Morgan fingerprint density at radius 2 is 2.14 bits per heavy atom. The monoisotopic (exact) mass is 312 g/mol. The van der Waals surface area contributed by atoms with E-state index in [2.05, 4.69) is 10.2 Å². The second-order valence-corrected chi connectivity index (χ2v) is 6.58. The van der Waals surface area contributed by atoms with Crippen LogP contribution in [0, 0.1) is 0 Å². The summed E-state index contributed by atoms with van der Waals surface area (Å²) in [5.41, 5.74) is -0.470. The molecule has 0 saturated carbocycles. The Kier molecular flexibility index (Phi) is 4.56. The van der Waals surface area contributed by atoms with E-state index in [-0.39, 0.29) is 12.1 Å². The third-order valence-electron chi connectivity index (χ3n) is 3.34. The molecule has 0 aliphatic carbocycles. The Morgan fingerprint density at radius 1 is 1.43 bits per heavy atom. The quantitative estimate of drug-likeness (QED) is 0.840. The molecule has 6 nitrogen and oxygen atoms in total. The zero-order valence-electron chi connectivity index (χ0n) is 12.8. The van der Waals surface area contributed by atoms with Gasteiger partial charge in [0.2, 0.25) is 0 Å². The third-order valence-corrected chi connectivity index (χ3v) is 3.54. The first-order valence-corrected chi connectivity index (χ1v) is 7.34. The van der Waals surface area contributed by atoms with Crippen molar-refractivity contribution in [3.8, 4) is 0 Å². The lowest BCUT2D eigenvalue weighted by Gasteiger charge is -2.27. The molecular formula is C14H21ClN4O2. The first-order chi connectivity index (χ1) is 9.76. The van der Waals surface area contributed by atoms with E-state index in [1.165, 1.54) is 0 Å². The van der Waals surface area contributed by atoms with Gasteiger partial charge < -0.3 is 14.5 Å². The average Bonchev–Trinajstić information content (AvgIpc) is 2.86. The van der Waals surface area contributed by atoms with Gasteiger partial charge in [0, 0.05) is 26.2 Å². The molecule has 1 saturated heterocycles. The van der Waals surface area contributed by atoms with Gasteiger partial charge in [-0.15, -0.1) is 10.2 Å². The molecule has 116 valence electrons. The van der Waals surface area contributed by atoms with Gasteiger partial charge in [-0.25, -0.2) is 4.79 Å². The van der Waals surface area contributed by atoms with E-state index in [1.54, 1.807) is 11.0 Å². The molecule has 1 fully saturated rings. The Labute approximate surface area is 130 Å². The number of ether oxygens (including phenoxy) is 1. The summed E-state index contributed by atoms with van der Waals surface area (Å²) < 4.78 is 5.39. The number of likely N-dealkylation sites (tertiary alicyclic amines) is 1. The molecule has 0 N–H and O–H groups in total. The van der Waals surface area contributed by atoms with Crippen molar-refractivity contribution in [1.82, 2.24) is 15.1 Å². The molecular weight excluding hydrogens is 292 g/mol. The van der Waals surface area contributed by atoms with Crippen LogP contribution in [0.2, 0.25) is 5.15 Å². The SMILES string of the molecule is CN(c1ccc(Cl)nn1)C1CCN(C(=O)OC(C)(C)C)C1. The number of halogens is 1. The van der Waals surface area contributed by atoms with Crippen LogP contribution in [0.4, 0.5) is 10.6 Å². The van der Waals surface area contributed by atoms with E-state index in [4.69, 9.17) is 16.3 Å². The second kappa shape index (κ2) is 6.05. The molecule has 2 rings (SSSR count). The normalized spacial score (nSPS) is 18.7. The van der Waals surface area contributed by atoms with Crippen LogP contribution in [0.25, 0.3) is 0 Å². The van der Waals surface area contributed by atoms with Crippen LogP contribution in [-0.4, -0.2) is 53.0 Å². The Bertz CT molecular complexity index is 501. The molecule has 2 heterocycles. The molecule has 0 radical (unpaired) electrons.